The third kappa shape index (κ3) is 5.55. The maximum absolute atomic E-state index is 13.2. The molecule has 1 N–H and O–H groups in total. The van der Waals surface area contributed by atoms with E-state index in [2.05, 4.69) is 5.32 Å². The van der Waals surface area contributed by atoms with Crippen LogP contribution in [0.25, 0.3) is 17.0 Å². The van der Waals surface area contributed by atoms with E-state index in [1.165, 1.54) is 7.11 Å². The van der Waals surface area contributed by atoms with E-state index in [4.69, 9.17) is 4.74 Å². The largest absolute Gasteiger partial charge is 0.465 e. The lowest BCUT2D eigenvalue weighted by Crippen LogP contribution is -2.36. The van der Waals surface area contributed by atoms with Crippen molar-refractivity contribution >= 4 is 57.5 Å². The molecule has 4 aromatic rings. The van der Waals surface area contributed by atoms with Crippen molar-refractivity contribution in [1.29, 1.82) is 0 Å². The van der Waals surface area contributed by atoms with E-state index in [9.17, 15) is 19.2 Å². The summed E-state index contributed by atoms with van der Waals surface area (Å²) in [6.45, 7) is 4.04. The van der Waals surface area contributed by atoms with Gasteiger partial charge in [0.15, 0.2) is 0 Å². The number of hydrogen-bond acceptors (Lipinski definition) is 6. The van der Waals surface area contributed by atoms with Gasteiger partial charge in [0.2, 0.25) is 5.91 Å². The lowest BCUT2D eigenvalue weighted by atomic mass is 10.1. The van der Waals surface area contributed by atoms with E-state index in [1.807, 2.05) is 67.1 Å². The first-order chi connectivity index (χ1) is 19.2. The molecule has 0 aliphatic carbocycles. The summed E-state index contributed by atoms with van der Waals surface area (Å²) in [6.07, 6.45) is 3.60. The fraction of sp³-hybridized carbons (Fsp3) is 0.161. The number of methoxy groups -OCH3 is 1. The van der Waals surface area contributed by atoms with Crippen LogP contribution in [0.15, 0.2) is 77.8 Å². The number of carbonyl (C=O) groups is 4. The Labute approximate surface area is 235 Å². The van der Waals surface area contributed by atoms with Crippen molar-refractivity contribution < 1.29 is 23.9 Å². The zero-order chi connectivity index (χ0) is 28.4. The standard InChI is InChI=1S/C31H27N3O5S/c1-19-11-12-24(13-20(19)2)32-28(35)18-34-29(36)27(40-31(34)38)15-23-17-33(26-10-5-4-9-25(23)26)16-21-7-6-8-22(14-21)30(37)39-3/h4-15,17H,16,18H2,1-3H3,(H,32,35)/b27-15-. The molecule has 8 nitrogen and oxygen atoms in total. The van der Waals surface area contributed by atoms with E-state index >= 15 is 0 Å². The van der Waals surface area contributed by atoms with Crippen LogP contribution in [0.3, 0.4) is 0 Å². The number of thioether (sulfide) groups is 1. The van der Waals surface area contributed by atoms with Crippen LogP contribution in [0.2, 0.25) is 0 Å². The average molecular weight is 554 g/mol. The number of aryl methyl sites for hydroxylation is 2. The molecule has 1 fully saturated rings. The Morgan fingerprint density at radius 2 is 1.77 bits per heavy atom. The molecule has 3 amide bonds. The molecule has 0 unspecified atom stereocenters. The highest BCUT2D eigenvalue weighted by Crippen LogP contribution is 2.34. The average Bonchev–Trinajstić information content (AvgIpc) is 3.42. The van der Waals surface area contributed by atoms with Gasteiger partial charge in [-0.15, -0.1) is 0 Å². The van der Waals surface area contributed by atoms with Crippen molar-refractivity contribution in [1.82, 2.24) is 9.47 Å². The highest BCUT2D eigenvalue weighted by molar-refractivity contribution is 8.18. The molecule has 0 bridgehead atoms. The molecule has 0 atom stereocenters. The Kier molecular flexibility index (Phi) is 7.57. The molecule has 2 heterocycles. The van der Waals surface area contributed by atoms with E-state index in [0.29, 0.717) is 17.8 Å². The van der Waals surface area contributed by atoms with Crippen LogP contribution in [0.1, 0.15) is 32.6 Å². The van der Waals surface area contributed by atoms with Gasteiger partial charge in [-0.3, -0.25) is 19.3 Å². The fourth-order valence-corrected chi connectivity index (χ4v) is 5.40. The first-order valence-corrected chi connectivity index (χ1v) is 13.4. The minimum Gasteiger partial charge on any atom is -0.465 e. The number of nitrogens with one attached hydrogen (secondary N) is 1. The molecule has 3 aromatic carbocycles. The summed E-state index contributed by atoms with van der Waals surface area (Å²) in [5.41, 5.74) is 5.82. The molecule has 40 heavy (non-hydrogen) atoms. The second-order valence-corrected chi connectivity index (χ2v) is 10.5. The number of ether oxygens (including phenoxy) is 1. The highest BCUT2D eigenvalue weighted by Gasteiger charge is 2.36. The highest BCUT2D eigenvalue weighted by atomic mass is 32.2. The van der Waals surface area contributed by atoms with E-state index in [0.717, 1.165) is 49.8 Å². The molecule has 202 valence electrons. The summed E-state index contributed by atoms with van der Waals surface area (Å²) < 4.78 is 6.86. The number of benzene rings is 3. The number of nitrogens with zero attached hydrogens (tertiary/aromatic N) is 2. The van der Waals surface area contributed by atoms with Gasteiger partial charge in [-0.25, -0.2) is 4.79 Å². The minimum atomic E-state index is -0.507. The number of aromatic nitrogens is 1. The number of rotatable bonds is 7. The maximum atomic E-state index is 13.2. The van der Waals surface area contributed by atoms with E-state index in [-0.39, 0.29) is 11.4 Å². The van der Waals surface area contributed by atoms with Crippen molar-refractivity contribution in [2.24, 2.45) is 0 Å². The number of fused-ring (bicyclic) bond motifs is 1. The molecule has 0 spiro atoms. The monoisotopic (exact) mass is 553 g/mol. The molecule has 0 saturated carbocycles. The summed E-state index contributed by atoms with van der Waals surface area (Å²) in [4.78, 5) is 51.7. The maximum Gasteiger partial charge on any atom is 0.337 e. The van der Waals surface area contributed by atoms with Crippen molar-refractivity contribution in [3.8, 4) is 0 Å². The van der Waals surface area contributed by atoms with Crippen molar-refractivity contribution in [3.05, 3.63) is 106 Å². The number of para-hydroxylation sites is 1. The number of anilines is 1. The summed E-state index contributed by atoms with van der Waals surface area (Å²) in [7, 11) is 1.35. The lowest BCUT2D eigenvalue weighted by Gasteiger charge is -2.13. The second-order valence-electron chi connectivity index (χ2n) is 9.54. The molecule has 0 radical (unpaired) electrons. The second kappa shape index (κ2) is 11.2. The number of carbonyl (C=O) groups excluding carboxylic acids is 4. The van der Waals surface area contributed by atoms with Crippen LogP contribution in [0.5, 0.6) is 0 Å². The third-order valence-electron chi connectivity index (χ3n) is 6.77. The quantitative estimate of drug-likeness (QED) is 0.231. The normalized spacial score (nSPS) is 14.3. The third-order valence-corrected chi connectivity index (χ3v) is 7.68. The first kappa shape index (κ1) is 27.0. The molecule has 1 saturated heterocycles. The lowest BCUT2D eigenvalue weighted by molar-refractivity contribution is -0.127. The fourth-order valence-electron chi connectivity index (χ4n) is 4.57. The molecule has 1 aliphatic rings. The molecule has 5 rings (SSSR count). The Morgan fingerprint density at radius 3 is 2.55 bits per heavy atom. The number of amides is 3. The predicted octanol–water partition coefficient (Wildman–Crippen LogP) is 5.77. The van der Waals surface area contributed by atoms with Crippen LogP contribution in [-0.4, -0.2) is 46.1 Å². The van der Waals surface area contributed by atoms with Gasteiger partial charge in [0, 0.05) is 34.9 Å². The summed E-state index contributed by atoms with van der Waals surface area (Å²) in [5, 5.41) is 3.18. The van der Waals surface area contributed by atoms with Gasteiger partial charge in [-0.05, 0) is 78.7 Å². The van der Waals surface area contributed by atoms with Crippen molar-refractivity contribution in [2.45, 2.75) is 20.4 Å². The zero-order valence-electron chi connectivity index (χ0n) is 22.3. The van der Waals surface area contributed by atoms with E-state index in [1.54, 1.807) is 30.3 Å². The van der Waals surface area contributed by atoms with Gasteiger partial charge in [0.1, 0.15) is 6.54 Å². The number of imide groups is 1. The Hall–Kier alpha value is -4.63. The van der Waals surface area contributed by atoms with Gasteiger partial charge in [0.25, 0.3) is 11.1 Å². The van der Waals surface area contributed by atoms with Crippen LogP contribution >= 0.6 is 11.8 Å². The minimum absolute atomic E-state index is 0.250. The van der Waals surface area contributed by atoms with E-state index < -0.39 is 23.0 Å². The topological polar surface area (TPSA) is 97.7 Å². The van der Waals surface area contributed by atoms with Gasteiger partial charge in [-0.1, -0.05) is 36.4 Å². The summed E-state index contributed by atoms with van der Waals surface area (Å²) in [5.74, 6) is -1.36. The van der Waals surface area contributed by atoms with Crippen molar-refractivity contribution in [2.75, 3.05) is 19.0 Å². The predicted molar refractivity (Wildman–Crippen MR) is 156 cm³/mol. The number of esters is 1. The van der Waals surface area contributed by atoms with Gasteiger partial charge >= 0.3 is 5.97 Å². The smallest absolute Gasteiger partial charge is 0.337 e. The van der Waals surface area contributed by atoms with Gasteiger partial charge in [-0.2, -0.15) is 0 Å². The summed E-state index contributed by atoms with van der Waals surface area (Å²) >= 11 is 0.817. The Morgan fingerprint density at radius 1 is 0.975 bits per heavy atom. The summed E-state index contributed by atoms with van der Waals surface area (Å²) in [6, 6.07) is 20.5. The number of hydrogen-bond donors (Lipinski definition) is 1. The molecular formula is C31H27N3O5S. The zero-order valence-corrected chi connectivity index (χ0v) is 23.1. The molecule has 1 aliphatic heterocycles. The van der Waals surface area contributed by atoms with Crippen LogP contribution < -0.4 is 5.32 Å². The molecule has 1 aromatic heterocycles. The van der Waals surface area contributed by atoms with Crippen LogP contribution in [-0.2, 0) is 20.9 Å². The van der Waals surface area contributed by atoms with Gasteiger partial charge in [0.05, 0.1) is 17.6 Å². The van der Waals surface area contributed by atoms with Crippen molar-refractivity contribution in [3.63, 3.8) is 0 Å². The van der Waals surface area contributed by atoms with Gasteiger partial charge < -0.3 is 14.6 Å². The van der Waals surface area contributed by atoms with Crippen LogP contribution in [0.4, 0.5) is 10.5 Å². The Bertz CT molecular complexity index is 1700. The van der Waals surface area contributed by atoms with Crippen LogP contribution in [0, 0.1) is 13.8 Å². The Balaban J connectivity index is 1.37. The molecular weight excluding hydrogens is 526 g/mol. The SMILES string of the molecule is COC(=O)c1cccc(Cn2cc(/C=C3\SC(=O)N(CC(=O)Nc4ccc(C)c(C)c4)C3=O)c3ccccc32)c1. The molecule has 9 heteroatoms. The first-order valence-electron chi connectivity index (χ1n) is 12.6.